The van der Waals surface area contributed by atoms with E-state index in [0.29, 0.717) is 23.9 Å². The maximum atomic E-state index is 13.0. The molecule has 0 spiro atoms. The Morgan fingerprint density at radius 1 is 0.500 bits per heavy atom. The number of hydrogen-bond donors (Lipinski definition) is 3. The molecule has 3 unspecified atom stereocenters. The summed E-state index contributed by atoms with van der Waals surface area (Å²) in [6, 6.07) is -0.762. The van der Waals surface area contributed by atoms with Crippen LogP contribution in [0.1, 0.15) is 296 Å². The van der Waals surface area contributed by atoms with Crippen molar-refractivity contribution in [3.05, 3.63) is 24.3 Å². The highest BCUT2D eigenvalue weighted by Gasteiger charge is 2.28. The molecule has 68 heavy (non-hydrogen) atoms. The van der Waals surface area contributed by atoms with E-state index >= 15 is 0 Å². The lowest BCUT2D eigenvalue weighted by Gasteiger charge is -2.26. The molecule has 3 N–H and O–H groups in total. The molecule has 0 aromatic carbocycles. The molecule has 0 bridgehead atoms. The minimum atomic E-state index is -4.32. The summed E-state index contributed by atoms with van der Waals surface area (Å²) in [6.45, 7) is 4.92. The fraction of sp³-hybridized carbons (Fsp3) is 0.915. The van der Waals surface area contributed by atoms with Gasteiger partial charge in [-0.15, -0.1) is 0 Å². The SMILES string of the molecule is CCCCCCC/C=C\C/C=C\CCCCCCCCCCCC(=O)NC(COP(=O)(O)OCC[N+](C)(C)C)C(O)CCCCCCCCCCCCCCCCCCCCCCCCCCC. The van der Waals surface area contributed by atoms with E-state index in [-0.39, 0.29) is 19.1 Å². The van der Waals surface area contributed by atoms with Crippen LogP contribution in [-0.2, 0) is 18.4 Å². The van der Waals surface area contributed by atoms with Crippen LogP contribution in [-0.4, -0.2) is 73.4 Å². The normalized spacial score (nSPS) is 14.0. The van der Waals surface area contributed by atoms with Crippen molar-refractivity contribution in [2.45, 2.75) is 309 Å². The molecular formula is C59H118N2O6P+. The van der Waals surface area contributed by atoms with Crippen LogP contribution in [0.5, 0.6) is 0 Å². The number of quaternary nitrogens is 1. The molecule has 3 atom stereocenters. The zero-order valence-corrected chi connectivity index (χ0v) is 47.0. The van der Waals surface area contributed by atoms with Crippen LogP contribution in [0.2, 0.25) is 0 Å². The smallest absolute Gasteiger partial charge is 0.391 e. The second-order valence-corrected chi connectivity index (χ2v) is 23.2. The van der Waals surface area contributed by atoms with E-state index in [1.807, 2.05) is 21.1 Å². The standard InChI is InChI=1S/C59H117N2O6P/c1-6-8-10-12-14-16-18-20-22-24-26-28-29-30-31-33-34-36-38-40-42-44-46-48-50-52-58(62)57(56-67-68(64,65)66-55-54-61(3,4)5)60-59(63)53-51-49-47-45-43-41-39-37-35-32-27-25-23-21-19-17-15-13-11-9-7-2/h19,21,25,27,57-58,62H,6-18,20,22-24,26,28-56H2,1-5H3,(H-,60,63,64,65)/p+1/b21-19-,27-25-. The molecule has 0 fully saturated rings. The Balaban J connectivity index is 4.14. The molecule has 1 amide bonds. The average Bonchev–Trinajstić information content (AvgIpc) is 3.30. The summed E-state index contributed by atoms with van der Waals surface area (Å²) in [5.74, 6) is -0.144. The van der Waals surface area contributed by atoms with E-state index in [9.17, 15) is 19.4 Å². The first-order chi connectivity index (χ1) is 33.0. The summed E-state index contributed by atoms with van der Waals surface area (Å²) in [5.41, 5.74) is 0. The predicted octanol–water partition coefficient (Wildman–Crippen LogP) is 18.0. The van der Waals surface area contributed by atoms with Gasteiger partial charge >= 0.3 is 7.82 Å². The van der Waals surface area contributed by atoms with Gasteiger partial charge in [0.15, 0.2) is 0 Å². The Labute approximate surface area is 424 Å². The predicted molar refractivity (Wildman–Crippen MR) is 295 cm³/mol. The molecule has 0 aromatic rings. The van der Waals surface area contributed by atoms with Gasteiger partial charge in [-0.1, -0.05) is 269 Å². The van der Waals surface area contributed by atoms with Crippen molar-refractivity contribution >= 4 is 13.7 Å². The summed E-state index contributed by atoms with van der Waals surface area (Å²) >= 11 is 0. The zero-order chi connectivity index (χ0) is 49.9. The van der Waals surface area contributed by atoms with E-state index in [2.05, 4.69) is 43.5 Å². The van der Waals surface area contributed by atoms with E-state index in [1.54, 1.807) is 0 Å². The first-order valence-electron chi connectivity index (χ1n) is 29.7. The lowest BCUT2D eigenvalue weighted by molar-refractivity contribution is -0.870. The molecule has 9 heteroatoms. The van der Waals surface area contributed by atoms with Crippen molar-refractivity contribution in [3.63, 3.8) is 0 Å². The second-order valence-electron chi connectivity index (χ2n) is 21.7. The van der Waals surface area contributed by atoms with Gasteiger partial charge in [0.05, 0.1) is 39.9 Å². The molecule has 404 valence electrons. The maximum absolute atomic E-state index is 13.0. The monoisotopic (exact) mass is 982 g/mol. The number of nitrogens with one attached hydrogen (secondary N) is 1. The molecule has 0 heterocycles. The van der Waals surface area contributed by atoms with Gasteiger partial charge in [0.2, 0.25) is 5.91 Å². The van der Waals surface area contributed by atoms with Crippen molar-refractivity contribution in [2.24, 2.45) is 0 Å². The molecule has 0 saturated heterocycles. The Morgan fingerprint density at radius 3 is 1.21 bits per heavy atom. The molecule has 0 radical (unpaired) electrons. The Bertz CT molecular complexity index is 1160. The number of amides is 1. The van der Waals surface area contributed by atoms with Crippen LogP contribution in [0.4, 0.5) is 0 Å². The highest BCUT2D eigenvalue weighted by Crippen LogP contribution is 2.43. The summed E-state index contributed by atoms with van der Waals surface area (Å²) in [6.07, 6.45) is 63.8. The Kier molecular flexibility index (Phi) is 50.1. The van der Waals surface area contributed by atoms with Crippen molar-refractivity contribution < 1.29 is 32.9 Å². The minimum absolute atomic E-state index is 0.0751. The first kappa shape index (κ1) is 67.0. The summed E-state index contributed by atoms with van der Waals surface area (Å²) in [4.78, 5) is 23.3. The van der Waals surface area contributed by atoms with Crippen LogP contribution < -0.4 is 5.32 Å². The van der Waals surface area contributed by atoms with Crippen LogP contribution in [0.3, 0.4) is 0 Å². The number of unbranched alkanes of at least 4 members (excludes halogenated alkanes) is 38. The average molecular weight is 983 g/mol. The molecule has 0 aromatic heterocycles. The van der Waals surface area contributed by atoms with Crippen molar-refractivity contribution in [1.82, 2.24) is 5.32 Å². The fourth-order valence-corrected chi connectivity index (χ4v) is 9.76. The third-order valence-corrected chi connectivity index (χ3v) is 14.7. The van der Waals surface area contributed by atoms with Gasteiger partial charge < -0.3 is 19.8 Å². The molecule has 0 saturated carbocycles. The van der Waals surface area contributed by atoms with Crippen LogP contribution in [0.15, 0.2) is 24.3 Å². The Hall–Kier alpha value is -1.02. The maximum Gasteiger partial charge on any atom is 0.472 e. The summed E-state index contributed by atoms with van der Waals surface area (Å²) in [7, 11) is 1.62. The number of phosphoric ester groups is 1. The topological polar surface area (TPSA) is 105 Å². The first-order valence-corrected chi connectivity index (χ1v) is 31.2. The number of aliphatic hydroxyl groups excluding tert-OH is 1. The number of nitrogens with zero attached hydrogens (tertiary/aromatic N) is 1. The van der Waals surface area contributed by atoms with Crippen molar-refractivity contribution in [1.29, 1.82) is 0 Å². The van der Waals surface area contributed by atoms with Gasteiger partial charge in [0.1, 0.15) is 13.2 Å². The lowest BCUT2D eigenvalue weighted by Crippen LogP contribution is -2.46. The number of phosphoric acid groups is 1. The molecule has 0 aliphatic rings. The summed E-state index contributed by atoms with van der Waals surface area (Å²) in [5, 5.41) is 14.1. The third kappa shape index (κ3) is 52.8. The van der Waals surface area contributed by atoms with Gasteiger partial charge in [0, 0.05) is 6.42 Å². The largest absolute Gasteiger partial charge is 0.472 e. The van der Waals surface area contributed by atoms with Gasteiger partial charge in [-0.25, -0.2) is 4.57 Å². The number of hydrogen-bond acceptors (Lipinski definition) is 5. The van der Waals surface area contributed by atoms with E-state index in [0.717, 1.165) is 44.9 Å². The second kappa shape index (κ2) is 50.9. The number of carbonyl (C=O) groups is 1. The van der Waals surface area contributed by atoms with E-state index in [1.165, 1.54) is 225 Å². The van der Waals surface area contributed by atoms with Gasteiger partial charge in [0.25, 0.3) is 0 Å². The number of allylic oxidation sites excluding steroid dienone is 4. The lowest BCUT2D eigenvalue weighted by atomic mass is 10.0. The third-order valence-electron chi connectivity index (χ3n) is 13.7. The quantitative estimate of drug-likeness (QED) is 0.0243. The molecule has 0 aliphatic heterocycles. The van der Waals surface area contributed by atoms with E-state index < -0.39 is 20.0 Å². The highest BCUT2D eigenvalue weighted by atomic mass is 31.2. The van der Waals surface area contributed by atoms with Gasteiger partial charge in [-0.2, -0.15) is 0 Å². The van der Waals surface area contributed by atoms with Gasteiger partial charge in [-0.05, 0) is 44.9 Å². The zero-order valence-electron chi connectivity index (χ0n) is 46.1. The molecule has 0 rings (SSSR count). The number of aliphatic hydroxyl groups is 1. The molecule has 0 aliphatic carbocycles. The number of carbonyl (C=O) groups excluding carboxylic acids is 1. The fourth-order valence-electron chi connectivity index (χ4n) is 9.02. The van der Waals surface area contributed by atoms with Crippen LogP contribution in [0, 0.1) is 0 Å². The van der Waals surface area contributed by atoms with Crippen molar-refractivity contribution in [2.75, 3.05) is 40.9 Å². The number of likely N-dealkylation sites (N-methyl/N-ethyl adjacent to an activating group) is 1. The van der Waals surface area contributed by atoms with E-state index in [4.69, 9.17) is 9.05 Å². The van der Waals surface area contributed by atoms with Gasteiger partial charge in [-0.3, -0.25) is 13.8 Å². The summed E-state index contributed by atoms with van der Waals surface area (Å²) < 4.78 is 23.8. The molecule has 8 nitrogen and oxygen atoms in total. The van der Waals surface area contributed by atoms with Crippen LogP contribution >= 0.6 is 7.82 Å². The highest BCUT2D eigenvalue weighted by molar-refractivity contribution is 7.47. The number of rotatable bonds is 55. The Morgan fingerprint density at radius 2 is 0.838 bits per heavy atom. The minimum Gasteiger partial charge on any atom is -0.391 e. The van der Waals surface area contributed by atoms with Crippen LogP contribution in [0.25, 0.3) is 0 Å². The molecular weight excluding hydrogens is 864 g/mol. The van der Waals surface area contributed by atoms with Crippen molar-refractivity contribution in [3.8, 4) is 0 Å².